The van der Waals surface area contributed by atoms with Gasteiger partial charge in [-0.3, -0.25) is 14.3 Å². The number of nitrogen functional groups attached to an aromatic ring is 1. The first-order valence-electron chi connectivity index (χ1n) is 5.67. The molecule has 3 N–H and O–H groups in total. The number of nitrogens with zero attached hydrogens (tertiary/aromatic N) is 1. The van der Waals surface area contributed by atoms with E-state index in [0.29, 0.717) is 0 Å². The molecule has 1 unspecified atom stereocenters. The van der Waals surface area contributed by atoms with Crippen molar-refractivity contribution < 1.29 is 0 Å². The quantitative estimate of drug-likeness (QED) is 0.829. The average molecular weight is 245 g/mol. The van der Waals surface area contributed by atoms with E-state index in [2.05, 4.69) is 4.98 Å². The van der Waals surface area contributed by atoms with Crippen LogP contribution < -0.4 is 17.0 Å². The number of anilines is 1. The van der Waals surface area contributed by atoms with Crippen molar-refractivity contribution in [2.45, 2.75) is 19.9 Å². The number of nitrogens with one attached hydrogen (secondary N) is 1. The highest BCUT2D eigenvalue weighted by Crippen LogP contribution is 2.18. The lowest BCUT2D eigenvalue weighted by Gasteiger charge is -2.17. The van der Waals surface area contributed by atoms with Crippen molar-refractivity contribution in [1.82, 2.24) is 9.55 Å². The maximum atomic E-state index is 11.8. The number of aromatic amines is 1. The molecule has 1 heterocycles. The number of aryl methyl sites for hydroxylation is 1. The van der Waals surface area contributed by atoms with E-state index >= 15 is 0 Å². The SMILES string of the molecule is Cc1ccc(C(C)n2c(N)cc(=O)[nH]c2=O)cc1. The molecule has 0 saturated carbocycles. The molecule has 1 aromatic carbocycles. The standard InChI is InChI=1S/C13H15N3O2/c1-8-3-5-10(6-4-8)9(2)16-11(14)7-12(17)15-13(16)18/h3-7,9H,14H2,1-2H3,(H,15,17,18). The Labute approximate surface area is 104 Å². The first-order chi connectivity index (χ1) is 8.49. The molecular formula is C13H15N3O2. The zero-order chi connectivity index (χ0) is 13.3. The molecule has 1 aromatic heterocycles. The smallest absolute Gasteiger partial charge is 0.330 e. The normalized spacial score (nSPS) is 12.3. The van der Waals surface area contributed by atoms with Crippen molar-refractivity contribution in [3.05, 3.63) is 62.3 Å². The molecular weight excluding hydrogens is 230 g/mol. The molecule has 5 heteroatoms. The minimum Gasteiger partial charge on any atom is -0.385 e. The highest BCUT2D eigenvalue weighted by atomic mass is 16.2. The highest BCUT2D eigenvalue weighted by Gasteiger charge is 2.12. The molecule has 2 aromatic rings. The van der Waals surface area contributed by atoms with E-state index in [-0.39, 0.29) is 11.9 Å². The van der Waals surface area contributed by atoms with E-state index in [1.165, 1.54) is 10.6 Å². The minimum atomic E-state index is -0.493. The Morgan fingerprint density at radius 3 is 2.39 bits per heavy atom. The van der Waals surface area contributed by atoms with Crippen LogP contribution in [0, 0.1) is 6.92 Å². The molecule has 18 heavy (non-hydrogen) atoms. The second kappa shape index (κ2) is 4.52. The van der Waals surface area contributed by atoms with Crippen molar-refractivity contribution in [2.24, 2.45) is 0 Å². The van der Waals surface area contributed by atoms with E-state index in [0.717, 1.165) is 11.1 Å². The number of rotatable bonds is 2. The number of nitrogens with two attached hydrogens (primary N) is 1. The molecule has 0 aliphatic rings. The van der Waals surface area contributed by atoms with Gasteiger partial charge in [0.25, 0.3) is 5.56 Å². The summed E-state index contributed by atoms with van der Waals surface area (Å²) in [5.41, 5.74) is 6.86. The van der Waals surface area contributed by atoms with Gasteiger partial charge in [0.15, 0.2) is 0 Å². The Balaban J connectivity index is 2.52. The third-order valence-electron chi connectivity index (χ3n) is 2.95. The van der Waals surface area contributed by atoms with Gasteiger partial charge in [-0.25, -0.2) is 4.79 Å². The van der Waals surface area contributed by atoms with Gasteiger partial charge in [0, 0.05) is 6.07 Å². The van der Waals surface area contributed by atoms with Gasteiger partial charge in [0.05, 0.1) is 6.04 Å². The van der Waals surface area contributed by atoms with Gasteiger partial charge < -0.3 is 5.73 Å². The molecule has 0 radical (unpaired) electrons. The van der Waals surface area contributed by atoms with Gasteiger partial charge in [0.1, 0.15) is 5.82 Å². The average Bonchev–Trinajstić information content (AvgIpc) is 2.28. The lowest BCUT2D eigenvalue weighted by molar-refractivity contribution is 0.604. The molecule has 0 aliphatic heterocycles. The summed E-state index contributed by atoms with van der Waals surface area (Å²) in [6, 6.07) is 8.81. The summed E-state index contributed by atoms with van der Waals surface area (Å²) < 4.78 is 1.37. The first kappa shape index (κ1) is 12.2. The van der Waals surface area contributed by atoms with Crippen LogP contribution in [0.4, 0.5) is 5.82 Å². The van der Waals surface area contributed by atoms with Gasteiger partial charge in [-0.15, -0.1) is 0 Å². The highest BCUT2D eigenvalue weighted by molar-refractivity contribution is 5.31. The summed E-state index contributed by atoms with van der Waals surface area (Å²) in [4.78, 5) is 25.1. The summed E-state index contributed by atoms with van der Waals surface area (Å²) in [6.07, 6.45) is 0. The van der Waals surface area contributed by atoms with Crippen LogP contribution in [0.25, 0.3) is 0 Å². The second-order valence-electron chi connectivity index (χ2n) is 4.32. The van der Waals surface area contributed by atoms with E-state index in [1.54, 1.807) is 0 Å². The molecule has 5 nitrogen and oxygen atoms in total. The molecule has 0 saturated heterocycles. The Morgan fingerprint density at radius 1 is 1.22 bits per heavy atom. The van der Waals surface area contributed by atoms with E-state index < -0.39 is 11.2 Å². The van der Waals surface area contributed by atoms with Crippen LogP contribution in [-0.2, 0) is 0 Å². The van der Waals surface area contributed by atoms with Gasteiger partial charge in [-0.05, 0) is 19.4 Å². The molecule has 0 amide bonds. The molecule has 0 fully saturated rings. The maximum Gasteiger partial charge on any atom is 0.330 e. The largest absolute Gasteiger partial charge is 0.385 e. The van der Waals surface area contributed by atoms with Crippen LogP contribution in [0.5, 0.6) is 0 Å². The zero-order valence-corrected chi connectivity index (χ0v) is 10.3. The van der Waals surface area contributed by atoms with Crippen molar-refractivity contribution in [3.8, 4) is 0 Å². The predicted molar refractivity (Wildman–Crippen MR) is 70.7 cm³/mol. The topological polar surface area (TPSA) is 80.9 Å². The van der Waals surface area contributed by atoms with Gasteiger partial charge in [-0.2, -0.15) is 0 Å². The Bertz CT molecular complexity index is 668. The van der Waals surface area contributed by atoms with Gasteiger partial charge in [0.2, 0.25) is 0 Å². The Morgan fingerprint density at radius 2 is 1.83 bits per heavy atom. The maximum absolute atomic E-state index is 11.8. The number of H-pyrrole nitrogens is 1. The van der Waals surface area contributed by atoms with Crippen LogP contribution in [0.2, 0.25) is 0 Å². The summed E-state index contributed by atoms with van der Waals surface area (Å²) in [5.74, 6) is 0.164. The summed E-state index contributed by atoms with van der Waals surface area (Å²) in [7, 11) is 0. The molecule has 0 aliphatic carbocycles. The summed E-state index contributed by atoms with van der Waals surface area (Å²) in [5, 5.41) is 0. The van der Waals surface area contributed by atoms with Crippen LogP contribution >= 0.6 is 0 Å². The monoisotopic (exact) mass is 245 g/mol. The number of hydrogen-bond acceptors (Lipinski definition) is 3. The van der Waals surface area contributed by atoms with Crippen molar-refractivity contribution in [2.75, 3.05) is 5.73 Å². The van der Waals surface area contributed by atoms with E-state index in [1.807, 2.05) is 38.1 Å². The van der Waals surface area contributed by atoms with Crippen molar-refractivity contribution in [3.63, 3.8) is 0 Å². The van der Waals surface area contributed by atoms with Crippen LogP contribution in [0.1, 0.15) is 24.1 Å². The number of benzene rings is 1. The van der Waals surface area contributed by atoms with Crippen molar-refractivity contribution in [1.29, 1.82) is 0 Å². The molecule has 0 bridgehead atoms. The number of hydrogen-bond donors (Lipinski definition) is 2. The van der Waals surface area contributed by atoms with Crippen LogP contribution in [-0.4, -0.2) is 9.55 Å². The molecule has 0 spiro atoms. The third kappa shape index (κ3) is 2.20. The minimum absolute atomic E-state index is 0.164. The van der Waals surface area contributed by atoms with Crippen LogP contribution in [0.3, 0.4) is 0 Å². The van der Waals surface area contributed by atoms with Crippen LogP contribution in [0.15, 0.2) is 39.9 Å². The lowest BCUT2D eigenvalue weighted by atomic mass is 10.1. The van der Waals surface area contributed by atoms with Crippen molar-refractivity contribution >= 4 is 5.82 Å². The zero-order valence-electron chi connectivity index (χ0n) is 10.3. The summed E-state index contributed by atoms with van der Waals surface area (Å²) in [6.45, 7) is 3.86. The first-order valence-corrected chi connectivity index (χ1v) is 5.67. The Kier molecular flexibility index (Phi) is 3.06. The summed E-state index contributed by atoms with van der Waals surface area (Å²) >= 11 is 0. The van der Waals surface area contributed by atoms with Gasteiger partial charge >= 0.3 is 5.69 Å². The van der Waals surface area contributed by atoms with Gasteiger partial charge in [-0.1, -0.05) is 29.8 Å². The second-order valence-corrected chi connectivity index (χ2v) is 4.32. The fourth-order valence-corrected chi connectivity index (χ4v) is 1.92. The van der Waals surface area contributed by atoms with E-state index in [4.69, 9.17) is 5.73 Å². The van der Waals surface area contributed by atoms with E-state index in [9.17, 15) is 9.59 Å². The molecule has 2 rings (SSSR count). The fraction of sp³-hybridized carbons (Fsp3) is 0.231. The number of aromatic nitrogens is 2. The predicted octanol–water partition coefficient (Wildman–Crippen LogP) is 1.04. The molecule has 94 valence electrons. The molecule has 1 atom stereocenters. The fourth-order valence-electron chi connectivity index (χ4n) is 1.92. The lowest BCUT2D eigenvalue weighted by Crippen LogP contribution is -2.33. The third-order valence-corrected chi connectivity index (χ3v) is 2.95. The Hall–Kier alpha value is -2.30.